The van der Waals surface area contributed by atoms with Gasteiger partial charge in [0.15, 0.2) is 0 Å². The highest BCUT2D eigenvalue weighted by atomic mass is 79.9. The van der Waals surface area contributed by atoms with E-state index in [1.807, 2.05) is 24.3 Å². The number of rotatable bonds is 1. The van der Waals surface area contributed by atoms with Crippen molar-refractivity contribution in [3.63, 3.8) is 0 Å². The fourth-order valence-electron chi connectivity index (χ4n) is 1.38. The van der Waals surface area contributed by atoms with Gasteiger partial charge in [0.25, 0.3) is 0 Å². The van der Waals surface area contributed by atoms with Crippen LogP contribution in [-0.4, -0.2) is 0 Å². The lowest BCUT2D eigenvalue weighted by Gasteiger charge is -2.05. The molecule has 0 aliphatic carbocycles. The normalized spacial score (nSPS) is 10.3. The first-order valence-electron chi connectivity index (χ1n) is 4.41. The molecule has 3 heteroatoms. The molecule has 0 spiro atoms. The Bertz CT molecular complexity index is 477. The second kappa shape index (κ2) is 4.73. The van der Waals surface area contributed by atoms with Gasteiger partial charge in [-0.05, 0) is 35.4 Å². The predicted octanol–water partition coefficient (Wildman–Crippen LogP) is 5.17. The smallest absolute Gasteiger partial charge is 0.0186 e. The molecule has 0 N–H and O–H groups in total. The quantitative estimate of drug-likeness (QED) is 0.678. The highest BCUT2D eigenvalue weighted by Gasteiger charge is 2.02. The first kappa shape index (κ1) is 11.2. The third-order valence-corrected chi connectivity index (χ3v) is 3.51. The van der Waals surface area contributed by atoms with Gasteiger partial charge in [0.1, 0.15) is 0 Å². The Morgan fingerprint density at radius 2 is 1.40 bits per heavy atom. The molecular weight excluding hydrogens is 336 g/mol. The summed E-state index contributed by atoms with van der Waals surface area (Å²) in [7, 11) is 0. The Balaban J connectivity index is 2.49. The second-order valence-electron chi connectivity index (χ2n) is 3.17. The minimum atomic E-state index is 0.978. The molecule has 0 fully saturated rings. The zero-order valence-electron chi connectivity index (χ0n) is 7.74. The molecule has 0 saturated carbocycles. The second-order valence-corrected chi connectivity index (χ2v) is 5.48. The fourth-order valence-corrected chi connectivity index (χ4v) is 2.52. The number of hydrogen-bond donors (Lipinski definition) is 1. The molecule has 2 aromatic carbocycles. The summed E-state index contributed by atoms with van der Waals surface area (Å²) in [5.41, 5.74) is 2.32. The topological polar surface area (TPSA) is 0 Å². The van der Waals surface area contributed by atoms with Crippen LogP contribution in [0, 0.1) is 0 Å². The molecule has 0 aliphatic rings. The number of benzene rings is 2. The van der Waals surface area contributed by atoms with Crippen LogP contribution in [0.3, 0.4) is 0 Å². The van der Waals surface area contributed by atoms with Gasteiger partial charge in [-0.3, -0.25) is 0 Å². The Labute approximate surface area is 111 Å². The maximum atomic E-state index is 4.46. The van der Waals surface area contributed by atoms with Gasteiger partial charge in [-0.1, -0.05) is 50.1 Å². The van der Waals surface area contributed by atoms with Crippen molar-refractivity contribution in [2.45, 2.75) is 4.90 Å². The van der Waals surface area contributed by atoms with Crippen LogP contribution in [0.5, 0.6) is 0 Å². The van der Waals surface area contributed by atoms with Gasteiger partial charge in [-0.2, -0.15) is 0 Å². The van der Waals surface area contributed by atoms with Gasteiger partial charge >= 0.3 is 0 Å². The molecule has 0 amide bonds. The van der Waals surface area contributed by atoms with Crippen LogP contribution < -0.4 is 0 Å². The minimum absolute atomic E-state index is 0.978. The monoisotopic (exact) mass is 342 g/mol. The molecule has 2 aromatic rings. The zero-order valence-corrected chi connectivity index (χ0v) is 11.8. The van der Waals surface area contributed by atoms with Gasteiger partial charge in [0.05, 0.1) is 0 Å². The summed E-state index contributed by atoms with van der Waals surface area (Å²) in [6.07, 6.45) is 0. The van der Waals surface area contributed by atoms with Crippen molar-refractivity contribution < 1.29 is 0 Å². The summed E-state index contributed by atoms with van der Waals surface area (Å²) >= 11 is 11.3. The van der Waals surface area contributed by atoms with E-state index in [4.69, 9.17) is 0 Å². The summed E-state index contributed by atoms with van der Waals surface area (Å²) < 4.78 is 2.14. The summed E-state index contributed by atoms with van der Waals surface area (Å²) in [6.45, 7) is 0. The molecule has 0 unspecified atom stereocenters. The van der Waals surface area contributed by atoms with Crippen molar-refractivity contribution in [1.82, 2.24) is 0 Å². The molecule has 0 bridgehead atoms. The average Bonchev–Trinajstić information content (AvgIpc) is 2.20. The van der Waals surface area contributed by atoms with Gasteiger partial charge in [0, 0.05) is 13.8 Å². The molecule has 0 radical (unpaired) electrons. The maximum absolute atomic E-state index is 4.46. The van der Waals surface area contributed by atoms with Crippen LogP contribution in [0.1, 0.15) is 0 Å². The molecule has 0 aliphatic heterocycles. The highest BCUT2D eigenvalue weighted by molar-refractivity contribution is 9.10. The van der Waals surface area contributed by atoms with Crippen molar-refractivity contribution in [1.29, 1.82) is 0 Å². The van der Waals surface area contributed by atoms with Crippen molar-refractivity contribution >= 4 is 44.5 Å². The molecule has 0 aromatic heterocycles. The van der Waals surface area contributed by atoms with Crippen LogP contribution in [0.25, 0.3) is 11.1 Å². The first-order valence-corrected chi connectivity index (χ1v) is 6.44. The Morgan fingerprint density at radius 1 is 0.800 bits per heavy atom. The summed E-state index contributed by atoms with van der Waals surface area (Å²) in [5.74, 6) is 0. The van der Waals surface area contributed by atoms with E-state index in [1.165, 1.54) is 5.56 Å². The third-order valence-electron chi connectivity index (χ3n) is 2.12. The van der Waals surface area contributed by atoms with E-state index in [2.05, 4.69) is 62.7 Å². The maximum Gasteiger partial charge on any atom is 0.0186 e. The van der Waals surface area contributed by atoms with E-state index >= 15 is 0 Å². The lowest BCUT2D eigenvalue weighted by Crippen LogP contribution is -1.80. The number of hydrogen-bond acceptors (Lipinski definition) is 1. The van der Waals surface area contributed by atoms with Gasteiger partial charge in [-0.25, -0.2) is 0 Å². The standard InChI is InChI=1S/C12H8Br2S/c13-9-3-1-8(2-4-9)11-6-5-10(14)7-12(11)15/h1-7,15H. The fraction of sp³-hybridized carbons (Fsp3) is 0. The van der Waals surface area contributed by atoms with Crippen LogP contribution >= 0.6 is 44.5 Å². The SMILES string of the molecule is Sc1cc(Br)ccc1-c1ccc(Br)cc1. The van der Waals surface area contributed by atoms with Crippen molar-refractivity contribution in [3.8, 4) is 11.1 Å². The van der Waals surface area contributed by atoms with Gasteiger partial charge in [0.2, 0.25) is 0 Å². The Hall–Kier alpha value is -0.250. The van der Waals surface area contributed by atoms with E-state index in [0.29, 0.717) is 0 Å². The largest absolute Gasteiger partial charge is 0.143 e. The summed E-state index contributed by atoms with van der Waals surface area (Å²) in [5, 5.41) is 0. The summed E-state index contributed by atoms with van der Waals surface area (Å²) in [4.78, 5) is 0.978. The van der Waals surface area contributed by atoms with Crippen LogP contribution in [0.15, 0.2) is 56.3 Å². The average molecular weight is 344 g/mol. The zero-order chi connectivity index (χ0) is 10.8. The number of halogens is 2. The van der Waals surface area contributed by atoms with Crippen molar-refractivity contribution in [2.24, 2.45) is 0 Å². The lowest BCUT2D eigenvalue weighted by atomic mass is 10.1. The lowest BCUT2D eigenvalue weighted by molar-refractivity contribution is 1.43. The molecule has 76 valence electrons. The first-order chi connectivity index (χ1) is 7.16. The molecule has 0 nitrogen and oxygen atoms in total. The highest BCUT2D eigenvalue weighted by Crippen LogP contribution is 2.29. The van der Waals surface area contributed by atoms with E-state index < -0.39 is 0 Å². The Morgan fingerprint density at radius 3 is 2.00 bits per heavy atom. The van der Waals surface area contributed by atoms with Crippen molar-refractivity contribution in [2.75, 3.05) is 0 Å². The molecule has 15 heavy (non-hydrogen) atoms. The van der Waals surface area contributed by atoms with E-state index in [-0.39, 0.29) is 0 Å². The summed E-state index contributed by atoms with van der Waals surface area (Å²) in [6, 6.07) is 14.3. The van der Waals surface area contributed by atoms with E-state index in [1.54, 1.807) is 0 Å². The minimum Gasteiger partial charge on any atom is -0.143 e. The van der Waals surface area contributed by atoms with E-state index in [9.17, 15) is 0 Å². The third kappa shape index (κ3) is 2.65. The van der Waals surface area contributed by atoms with Gasteiger partial charge in [-0.15, -0.1) is 12.6 Å². The van der Waals surface area contributed by atoms with Crippen LogP contribution in [0.4, 0.5) is 0 Å². The van der Waals surface area contributed by atoms with Crippen LogP contribution in [-0.2, 0) is 0 Å². The van der Waals surface area contributed by atoms with Crippen molar-refractivity contribution in [3.05, 3.63) is 51.4 Å². The molecule has 0 heterocycles. The predicted molar refractivity (Wildman–Crippen MR) is 74.5 cm³/mol. The molecule has 2 rings (SSSR count). The Kier molecular flexibility index (Phi) is 3.54. The van der Waals surface area contributed by atoms with Gasteiger partial charge < -0.3 is 0 Å². The van der Waals surface area contributed by atoms with E-state index in [0.717, 1.165) is 19.4 Å². The molecular formula is C12H8Br2S. The number of thiol groups is 1. The van der Waals surface area contributed by atoms with Crippen LogP contribution in [0.2, 0.25) is 0 Å². The molecule has 0 saturated heterocycles. The molecule has 0 atom stereocenters.